The maximum Gasteiger partial charge on any atom is 0.257 e. The molecular weight excluding hydrogens is 326 g/mol. The maximum atomic E-state index is 12.3. The van der Waals surface area contributed by atoms with Gasteiger partial charge >= 0.3 is 0 Å². The number of fused-ring (bicyclic) bond motifs is 1. The lowest BCUT2D eigenvalue weighted by Gasteiger charge is -2.19. The molecule has 4 nitrogen and oxygen atoms in total. The second-order valence-electron chi connectivity index (χ2n) is 7.99. The summed E-state index contributed by atoms with van der Waals surface area (Å²) in [5.74, 6) is 1.32. The average molecular weight is 351 g/mol. The van der Waals surface area contributed by atoms with Crippen LogP contribution in [0.5, 0.6) is 11.5 Å². The summed E-state index contributed by atoms with van der Waals surface area (Å²) in [6, 6.07) is 16.3. The minimum atomic E-state index is -0.224. The van der Waals surface area contributed by atoms with Crippen LogP contribution < -0.4 is 14.8 Å². The summed E-state index contributed by atoms with van der Waals surface area (Å²) in [6.45, 7) is 4.78. The minimum absolute atomic E-state index is 0.00507. The van der Waals surface area contributed by atoms with Gasteiger partial charge in [-0.15, -0.1) is 0 Å². The van der Waals surface area contributed by atoms with Crippen LogP contribution in [0.4, 0.5) is 0 Å². The van der Waals surface area contributed by atoms with Crippen molar-refractivity contribution in [2.24, 2.45) is 0 Å². The molecule has 2 aliphatic rings. The molecule has 4 rings (SSSR count). The Morgan fingerprint density at radius 1 is 1.12 bits per heavy atom. The van der Waals surface area contributed by atoms with E-state index in [9.17, 15) is 4.79 Å². The Bertz CT molecular complexity index is 809. The van der Waals surface area contributed by atoms with E-state index in [0.29, 0.717) is 12.3 Å². The summed E-state index contributed by atoms with van der Waals surface area (Å²) in [6.07, 6.45) is 3.09. The Balaban J connectivity index is 1.33. The number of nitrogens with one attached hydrogen (secondary N) is 1. The first-order chi connectivity index (χ1) is 12.5. The third-order valence-corrected chi connectivity index (χ3v) is 5.28. The molecule has 0 saturated heterocycles. The molecule has 1 aliphatic heterocycles. The normalized spacial score (nSPS) is 18.5. The fourth-order valence-electron chi connectivity index (χ4n) is 3.67. The molecule has 1 amide bonds. The van der Waals surface area contributed by atoms with E-state index in [1.54, 1.807) is 0 Å². The van der Waals surface area contributed by atoms with E-state index in [1.165, 1.54) is 5.56 Å². The van der Waals surface area contributed by atoms with Gasteiger partial charge in [0.25, 0.3) is 5.91 Å². The summed E-state index contributed by atoms with van der Waals surface area (Å²) in [5, 5.41) is 3.03. The number of hydrogen-bond donors (Lipinski definition) is 1. The van der Waals surface area contributed by atoms with Gasteiger partial charge < -0.3 is 14.8 Å². The number of hydrogen-bond acceptors (Lipinski definition) is 3. The summed E-state index contributed by atoms with van der Waals surface area (Å²) in [5.41, 5.74) is 2.32. The quantitative estimate of drug-likeness (QED) is 0.865. The highest BCUT2D eigenvalue weighted by molar-refractivity contribution is 5.78. The lowest BCUT2D eigenvalue weighted by Crippen LogP contribution is -2.35. The number of carbonyl (C=O) groups is 1. The number of carbonyl (C=O) groups excluding carboxylic acids is 1. The van der Waals surface area contributed by atoms with Crippen LogP contribution in [0.3, 0.4) is 0 Å². The monoisotopic (exact) mass is 351 g/mol. The molecule has 1 fully saturated rings. The molecule has 0 aromatic heterocycles. The summed E-state index contributed by atoms with van der Waals surface area (Å²) in [4.78, 5) is 12.3. The van der Waals surface area contributed by atoms with Crippen molar-refractivity contribution in [1.82, 2.24) is 5.32 Å². The molecule has 1 heterocycles. The molecule has 1 aliphatic carbocycles. The first-order valence-corrected chi connectivity index (χ1v) is 9.23. The predicted molar refractivity (Wildman–Crippen MR) is 101 cm³/mol. The zero-order valence-electron chi connectivity index (χ0n) is 15.4. The first kappa shape index (κ1) is 17.0. The van der Waals surface area contributed by atoms with Gasteiger partial charge in [-0.2, -0.15) is 0 Å². The van der Waals surface area contributed by atoms with Gasteiger partial charge in [0, 0.05) is 23.9 Å². The maximum absolute atomic E-state index is 12.3. The van der Waals surface area contributed by atoms with Crippen LogP contribution in [0.2, 0.25) is 0 Å². The molecule has 0 atom stereocenters. The Hall–Kier alpha value is -2.49. The molecule has 0 bridgehead atoms. The summed E-state index contributed by atoms with van der Waals surface area (Å²) < 4.78 is 11.7. The van der Waals surface area contributed by atoms with Crippen molar-refractivity contribution in [2.45, 2.75) is 44.1 Å². The number of rotatable bonds is 6. The summed E-state index contributed by atoms with van der Waals surface area (Å²) in [7, 11) is 0. The third kappa shape index (κ3) is 3.41. The van der Waals surface area contributed by atoms with Crippen LogP contribution in [-0.2, 0) is 16.6 Å². The fourth-order valence-corrected chi connectivity index (χ4v) is 3.67. The molecule has 0 unspecified atom stereocenters. The second kappa shape index (κ2) is 6.35. The van der Waals surface area contributed by atoms with Crippen LogP contribution in [0.15, 0.2) is 48.5 Å². The number of benzene rings is 2. The number of ether oxygens (including phenoxy) is 2. The van der Waals surface area contributed by atoms with Gasteiger partial charge in [-0.05, 0) is 38.3 Å². The highest BCUT2D eigenvalue weighted by Gasteiger charge is 2.44. The molecule has 136 valence electrons. The van der Waals surface area contributed by atoms with Crippen LogP contribution in [0.25, 0.3) is 0 Å². The van der Waals surface area contributed by atoms with Gasteiger partial charge in [0.2, 0.25) is 0 Å². The van der Waals surface area contributed by atoms with Crippen molar-refractivity contribution >= 4 is 5.91 Å². The topological polar surface area (TPSA) is 47.6 Å². The molecule has 2 aromatic rings. The summed E-state index contributed by atoms with van der Waals surface area (Å²) >= 11 is 0. The van der Waals surface area contributed by atoms with Crippen molar-refractivity contribution in [3.63, 3.8) is 0 Å². The van der Waals surface area contributed by atoms with Gasteiger partial charge in [0.05, 0.1) is 0 Å². The van der Waals surface area contributed by atoms with Gasteiger partial charge in [-0.1, -0.05) is 42.5 Å². The van der Waals surface area contributed by atoms with E-state index in [-0.39, 0.29) is 23.5 Å². The zero-order chi connectivity index (χ0) is 18.2. The number of para-hydroxylation sites is 1. The van der Waals surface area contributed by atoms with Crippen molar-refractivity contribution in [3.8, 4) is 11.5 Å². The standard InChI is InChI=1S/C22H25NO3/c1-21(2)13-16-7-6-10-18(20(16)26-21)25-14-19(24)23-15-22(11-12-22)17-8-4-3-5-9-17/h3-10H,11-15H2,1-2H3,(H,23,24). The van der Waals surface area contributed by atoms with E-state index in [4.69, 9.17) is 9.47 Å². The minimum Gasteiger partial charge on any atom is -0.483 e. The van der Waals surface area contributed by atoms with Gasteiger partial charge in [-0.3, -0.25) is 4.79 Å². The van der Waals surface area contributed by atoms with E-state index >= 15 is 0 Å². The van der Waals surface area contributed by atoms with E-state index < -0.39 is 0 Å². The fraction of sp³-hybridized carbons (Fsp3) is 0.409. The lowest BCUT2D eigenvalue weighted by molar-refractivity contribution is -0.123. The predicted octanol–water partition coefficient (Wildman–Crippen LogP) is 3.63. The van der Waals surface area contributed by atoms with Gasteiger partial charge in [0.1, 0.15) is 5.60 Å². The highest BCUT2D eigenvalue weighted by Crippen LogP contribution is 2.47. The lowest BCUT2D eigenvalue weighted by atomic mass is 9.96. The Morgan fingerprint density at radius 2 is 1.88 bits per heavy atom. The van der Waals surface area contributed by atoms with E-state index in [1.807, 2.05) is 24.3 Å². The SMILES string of the molecule is CC1(C)Cc2cccc(OCC(=O)NCC3(c4ccccc4)CC3)c2O1. The molecule has 26 heavy (non-hydrogen) atoms. The average Bonchev–Trinajstić information content (AvgIpc) is 3.35. The van der Waals surface area contributed by atoms with Crippen LogP contribution in [0, 0.1) is 0 Å². The molecule has 4 heteroatoms. The largest absolute Gasteiger partial charge is 0.483 e. The van der Waals surface area contributed by atoms with Crippen LogP contribution in [-0.4, -0.2) is 24.7 Å². The highest BCUT2D eigenvalue weighted by atomic mass is 16.5. The van der Waals surface area contributed by atoms with Gasteiger partial charge in [0.15, 0.2) is 18.1 Å². The Morgan fingerprint density at radius 3 is 2.62 bits per heavy atom. The van der Waals surface area contributed by atoms with E-state index in [2.05, 4.69) is 43.4 Å². The Kier molecular flexibility index (Phi) is 4.14. The van der Waals surface area contributed by atoms with Crippen molar-refractivity contribution in [1.29, 1.82) is 0 Å². The second-order valence-corrected chi connectivity index (χ2v) is 7.99. The van der Waals surface area contributed by atoms with Crippen molar-refractivity contribution < 1.29 is 14.3 Å². The molecule has 1 saturated carbocycles. The molecule has 0 spiro atoms. The smallest absolute Gasteiger partial charge is 0.257 e. The van der Waals surface area contributed by atoms with Crippen LogP contribution >= 0.6 is 0 Å². The first-order valence-electron chi connectivity index (χ1n) is 9.23. The zero-order valence-corrected chi connectivity index (χ0v) is 15.4. The van der Waals surface area contributed by atoms with Gasteiger partial charge in [-0.25, -0.2) is 0 Å². The van der Waals surface area contributed by atoms with Crippen molar-refractivity contribution in [3.05, 3.63) is 59.7 Å². The Labute approximate surface area is 154 Å². The molecular formula is C22H25NO3. The van der Waals surface area contributed by atoms with Crippen molar-refractivity contribution in [2.75, 3.05) is 13.2 Å². The number of amides is 1. The molecule has 2 aromatic carbocycles. The molecule has 0 radical (unpaired) electrons. The molecule has 1 N–H and O–H groups in total. The van der Waals surface area contributed by atoms with Crippen LogP contribution in [0.1, 0.15) is 37.8 Å². The van der Waals surface area contributed by atoms with E-state index in [0.717, 1.165) is 30.6 Å². The third-order valence-electron chi connectivity index (χ3n) is 5.28.